The molecule has 0 aliphatic carbocycles. The van der Waals surface area contributed by atoms with E-state index in [9.17, 15) is 9.90 Å². The first-order valence-corrected chi connectivity index (χ1v) is 7.11. The average Bonchev–Trinajstić information content (AvgIpc) is 2.47. The zero-order chi connectivity index (χ0) is 15.5. The maximum absolute atomic E-state index is 11.3. The number of hydrogen-bond acceptors (Lipinski definition) is 5. The minimum Gasteiger partial charge on any atom is -0.495 e. The Hall–Kier alpha value is -2.08. The minimum absolute atomic E-state index is 0.643. The lowest BCUT2D eigenvalue weighted by molar-refractivity contribution is -0.138. The standard InChI is InChI=1S/C15H16N2O3S/c1-15(2,14(18)19)21-13-4-5-16-9-12(13)10-6-11(20-3)8-17-7-10/h4-9H,1-3H3,(H,18,19). The van der Waals surface area contributed by atoms with Gasteiger partial charge < -0.3 is 9.84 Å². The van der Waals surface area contributed by atoms with E-state index in [4.69, 9.17) is 4.74 Å². The quantitative estimate of drug-likeness (QED) is 0.856. The lowest BCUT2D eigenvalue weighted by Crippen LogP contribution is -2.27. The Morgan fingerprint density at radius 3 is 2.71 bits per heavy atom. The van der Waals surface area contributed by atoms with Crippen LogP contribution in [0.1, 0.15) is 13.8 Å². The summed E-state index contributed by atoms with van der Waals surface area (Å²) in [6, 6.07) is 3.66. The van der Waals surface area contributed by atoms with Crippen LogP contribution < -0.4 is 4.74 Å². The number of aliphatic carboxylic acids is 1. The van der Waals surface area contributed by atoms with Crippen LogP contribution in [-0.4, -0.2) is 32.9 Å². The number of carboxylic acid groups (broad SMARTS) is 1. The van der Waals surface area contributed by atoms with Gasteiger partial charge in [0.05, 0.1) is 13.3 Å². The van der Waals surface area contributed by atoms with Gasteiger partial charge in [0.2, 0.25) is 0 Å². The Kier molecular flexibility index (Phi) is 4.47. The molecule has 0 atom stereocenters. The SMILES string of the molecule is COc1cncc(-c2cnccc2SC(C)(C)C(=O)O)c1. The van der Waals surface area contributed by atoms with Gasteiger partial charge in [-0.3, -0.25) is 14.8 Å². The van der Waals surface area contributed by atoms with Crippen LogP contribution in [0.25, 0.3) is 11.1 Å². The van der Waals surface area contributed by atoms with Crippen LogP contribution in [0.5, 0.6) is 5.75 Å². The molecule has 0 saturated heterocycles. The third kappa shape index (κ3) is 3.52. The van der Waals surface area contributed by atoms with Crippen molar-refractivity contribution in [1.82, 2.24) is 9.97 Å². The number of ether oxygens (including phenoxy) is 1. The largest absolute Gasteiger partial charge is 0.495 e. The molecule has 2 rings (SSSR count). The van der Waals surface area contributed by atoms with Crippen LogP contribution in [0.4, 0.5) is 0 Å². The molecule has 110 valence electrons. The first-order chi connectivity index (χ1) is 9.94. The summed E-state index contributed by atoms with van der Waals surface area (Å²) in [5, 5.41) is 9.28. The van der Waals surface area contributed by atoms with Gasteiger partial charge in [-0.1, -0.05) is 0 Å². The van der Waals surface area contributed by atoms with Crippen molar-refractivity contribution in [2.75, 3.05) is 7.11 Å². The lowest BCUT2D eigenvalue weighted by Gasteiger charge is -2.20. The second-order valence-corrected chi connectivity index (χ2v) is 6.57. The molecule has 0 aromatic carbocycles. The van der Waals surface area contributed by atoms with E-state index in [-0.39, 0.29) is 0 Å². The Morgan fingerprint density at radius 2 is 2.05 bits per heavy atom. The number of methoxy groups -OCH3 is 1. The number of hydrogen-bond donors (Lipinski definition) is 1. The highest BCUT2D eigenvalue weighted by Crippen LogP contribution is 2.38. The fraction of sp³-hybridized carbons (Fsp3) is 0.267. The molecule has 6 heteroatoms. The van der Waals surface area contributed by atoms with Crippen LogP contribution in [0.2, 0.25) is 0 Å². The van der Waals surface area contributed by atoms with Crippen molar-refractivity contribution in [3.63, 3.8) is 0 Å². The number of pyridine rings is 2. The number of carbonyl (C=O) groups is 1. The van der Waals surface area contributed by atoms with Crippen molar-refractivity contribution in [2.45, 2.75) is 23.5 Å². The molecule has 2 heterocycles. The zero-order valence-corrected chi connectivity index (χ0v) is 12.8. The van der Waals surface area contributed by atoms with E-state index in [2.05, 4.69) is 9.97 Å². The molecular formula is C15H16N2O3S. The maximum Gasteiger partial charge on any atom is 0.319 e. The summed E-state index contributed by atoms with van der Waals surface area (Å²) in [5.41, 5.74) is 1.68. The second kappa shape index (κ2) is 6.13. The Labute approximate surface area is 127 Å². The number of aromatic nitrogens is 2. The summed E-state index contributed by atoms with van der Waals surface area (Å²) in [6.07, 6.45) is 6.68. The summed E-state index contributed by atoms with van der Waals surface area (Å²) in [4.78, 5) is 20.4. The molecule has 0 spiro atoms. The van der Waals surface area contributed by atoms with Crippen LogP contribution in [0, 0.1) is 0 Å². The molecule has 0 saturated carbocycles. The fourth-order valence-electron chi connectivity index (χ4n) is 1.68. The topological polar surface area (TPSA) is 72.3 Å². The highest BCUT2D eigenvalue weighted by atomic mass is 32.2. The second-order valence-electron chi connectivity index (χ2n) is 4.90. The van der Waals surface area contributed by atoms with Gasteiger partial charge in [-0.25, -0.2) is 0 Å². The van der Waals surface area contributed by atoms with Gasteiger partial charge >= 0.3 is 5.97 Å². The number of carboxylic acids is 1. The number of thioether (sulfide) groups is 1. The van der Waals surface area contributed by atoms with Gasteiger partial charge in [-0.05, 0) is 26.0 Å². The van der Waals surface area contributed by atoms with Crippen LogP contribution in [-0.2, 0) is 4.79 Å². The first kappa shape index (κ1) is 15.3. The Balaban J connectivity index is 2.43. The predicted molar refractivity (Wildman–Crippen MR) is 81.6 cm³/mol. The molecular weight excluding hydrogens is 288 g/mol. The molecule has 0 aliphatic heterocycles. The predicted octanol–water partition coefficient (Wildman–Crippen LogP) is 3.11. The maximum atomic E-state index is 11.3. The van der Waals surface area contributed by atoms with E-state index >= 15 is 0 Å². The van der Waals surface area contributed by atoms with E-state index in [1.807, 2.05) is 12.1 Å². The molecule has 0 unspecified atom stereocenters. The molecule has 2 aromatic rings. The van der Waals surface area contributed by atoms with Crippen LogP contribution in [0.3, 0.4) is 0 Å². The molecule has 0 bridgehead atoms. The monoisotopic (exact) mass is 304 g/mol. The molecule has 0 aliphatic rings. The van der Waals surface area contributed by atoms with Crippen molar-refractivity contribution >= 4 is 17.7 Å². The summed E-state index contributed by atoms with van der Waals surface area (Å²) < 4.78 is 4.24. The van der Waals surface area contributed by atoms with Gasteiger partial charge in [0, 0.05) is 34.6 Å². The van der Waals surface area contributed by atoms with Crippen molar-refractivity contribution in [2.24, 2.45) is 0 Å². The number of nitrogens with zero attached hydrogens (tertiary/aromatic N) is 2. The van der Waals surface area contributed by atoms with Gasteiger partial charge in [0.25, 0.3) is 0 Å². The summed E-state index contributed by atoms with van der Waals surface area (Å²) >= 11 is 1.28. The first-order valence-electron chi connectivity index (χ1n) is 6.30. The Bertz CT molecular complexity index is 659. The molecule has 0 fully saturated rings. The zero-order valence-electron chi connectivity index (χ0n) is 12.0. The molecule has 5 nitrogen and oxygen atoms in total. The molecule has 21 heavy (non-hydrogen) atoms. The average molecular weight is 304 g/mol. The highest BCUT2D eigenvalue weighted by Gasteiger charge is 2.29. The highest BCUT2D eigenvalue weighted by molar-refractivity contribution is 8.01. The van der Waals surface area contributed by atoms with E-state index in [0.29, 0.717) is 5.75 Å². The third-order valence-corrected chi connectivity index (χ3v) is 4.18. The summed E-state index contributed by atoms with van der Waals surface area (Å²) in [5.74, 6) is -0.219. The smallest absolute Gasteiger partial charge is 0.319 e. The van der Waals surface area contributed by atoms with Crippen molar-refractivity contribution < 1.29 is 14.6 Å². The number of rotatable bonds is 5. The molecule has 0 amide bonds. The minimum atomic E-state index is -0.928. The molecule has 2 aromatic heterocycles. The third-order valence-electron chi connectivity index (χ3n) is 2.92. The van der Waals surface area contributed by atoms with Gasteiger partial charge in [-0.15, -0.1) is 11.8 Å². The van der Waals surface area contributed by atoms with Crippen molar-refractivity contribution in [3.8, 4) is 16.9 Å². The Morgan fingerprint density at radius 1 is 1.29 bits per heavy atom. The van der Waals surface area contributed by atoms with E-state index in [0.717, 1.165) is 16.0 Å². The fourth-order valence-corrected chi connectivity index (χ4v) is 2.73. The van der Waals surface area contributed by atoms with Crippen molar-refractivity contribution in [3.05, 3.63) is 36.9 Å². The van der Waals surface area contributed by atoms with Gasteiger partial charge in [-0.2, -0.15) is 0 Å². The van der Waals surface area contributed by atoms with E-state index in [1.165, 1.54) is 11.8 Å². The summed E-state index contributed by atoms with van der Waals surface area (Å²) in [7, 11) is 1.58. The van der Waals surface area contributed by atoms with Gasteiger partial charge in [0.1, 0.15) is 10.5 Å². The van der Waals surface area contributed by atoms with E-state index < -0.39 is 10.7 Å². The summed E-state index contributed by atoms with van der Waals surface area (Å²) in [6.45, 7) is 3.35. The molecule has 1 N–H and O–H groups in total. The van der Waals surface area contributed by atoms with Crippen LogP contribution in [0.15, 0.2) is 41.8 Å². The lowest BCUT2D eigenvalue weighted by atomic mass is 10.1. The van der Waals surface area contributed by atoms with Crippen molar-refractivity contribution in [1.29, 1.82) is 0 Å². The van der Waals surface area contributed by atoms with Gasteiger partial charge in [0.15, 0.2) is 0 Å². The molecule has 0 radical (unpaired) electrons. The normalized spacial score (nSPS) is 11.2. The van der Waals surface area contributed by atoms with E-state index in [1.54, 1.807) is 45.7 Å². The van der Waals surface area contributed by atoms with Crippen LogP contribution >= 0.6 is 11.8 Å².